The number of aromatic carboxylic acids is 1. The molecule has 8 nitrogen and oxygen atoms in total. The van der Waals surface area contributed by atoms with Gasteiger partial charge in [-0.15, -0.1) is 11.3 Å². The minimum atomic E-state index is -0.981. The van der Waals surface area contributed by atoms with Crippen LogP contribution >= 0.6 is 11.3 Å². The Morgan fingerprint density at radius 1 is 1.29 bits per heavy atom. The van der Waals surface area contributed by atoms with Gasteiger partial charge in [-0.2, -0.15) is 0 Å². The van der Waals surface area contributed by atoms with Crippen molar-refractivity contribution in [1.82, 2.24) is 19.5 Å². The number of carboxylic acid groups (broad SMARTS) is 1. The van der Waals surface area contributed by atoms with E-state index in [1.165, 1.54) is 12.4 Å². The lowest BCUT2D eigenvalue weighted by atomic mass is 10.1. The Morgan fingerprint density at radius 3 is 2.79 bits per heavy atom. The zero-order valence-corrected chi connectivity index (χ0v) is 20.2. The van der Waals surface area contributed by atoms with Crippen molar-refractivity contribution in [1.29, 1.82) is 0 Å². The second-order valence-corrected chi connectivity index (χ2v) is 9.36. The first-order chi connectivity index (χ1) is 16.3. The van der Waals surface area contributed by atoms with E-state index in [2.05, 4.69) is 20.3 Å². The van der Waals surface area contributed by atoms with Crippen molar-refractivity contribution in [3.63, 3.8) is 0 Å². The van der Waals surface area contributed by atoms with E-state index in [0.29, 0.717) is 53.0 Å². The first-order valence-electron chi connectivity index (χ1n) is 10.9. The number of carboxylic acids is 1. The number of thiazole rings is 1. The lowest BCUT2D eigenvalue weighted by Gasteiger charge is -2.11. The molecule has 2 N–H and O–H groups in total. The van der Waals surface area contributed by atoms with Crippen molar-refractivity contribution >= 4 is 34.0 Å². The largest absolute Gasteiger partial charge is 0.496 e. The number of methoxy groups -OCH3 is 1. The van der Waals surface area contributed by atoms with Crippen molar-refractivity contribution in [2.75, 3.05) is 19.0 Å². The summed E-state index contributed by atoms with van der Waals surface area (Å²) < 4.78 is 21.8. The summed E-state index contributed by atoms with van der Waals surface area (Å²) in [5, 5.41) is 14.1. The van der Waals surface area contributed by atoms with Crippen LogP contribution in [0, 0.1) is 18.7 Å². The molecule has 34 heavy (non-hydrogen) atoms. The molecule has 0 unspecified atom stereocenters. The summed E-state index contributed by atoms with van der Waals surface area (Å²) in [5.74, 6) is 0.212. The number of anilines is 1. The van der Waals surface area contributed by atoms with Crippen LogP contribution in [0.3, 0.4) is 0 Å². The maximum atomic E-state index is 14.6. The van der Waals surface area contributed by atoms with Gasteiger partial charge < -0.3 is 19.7 Å². The summed E-state index contributed by atoms with van der Waals surface area (Å²) in [5.41, 5.74) is 2.55. The van der Waals surface area contributed by atoms with E-state index in [1.54, 1.807) is 19.2 Å². The van der Waals surface area contributed by atoms with E-state index < -0.39 is 5.97 Å². The van der Waals surface area contributed by atoms with E-state index in [-0.39, 0.29) is 16.6 Å². The fourth-order valence-corrected chi connectivity index (χ4v) is 4.83. The predicted molar refractivity (Wildman–Crippen MR) is 130 cm³/mol. The smallest absolute Gasteiger partial charge is 0.347 e. The lowest BCUT2D eigenvalue weighted by molar-refractivity contribution is 0.0700. The van der Waals surface area contributed by atoms with Gasteiger partial charge in [-0.3, -0.25) is 0 Å². The molecule has 1 aromatic carbocycles. The summed E-state index contributed by atoms with van der Waals surface area (Å²) in [7, 11) is 1.57. The van der Waals surface area contributed by atoms with Crippen molar-refractivity contribution in [3.05, 3.63) is 52.7 Å². The summed E-state index contributed by atoms with van der Waals surface area (Å²) in [6.07, 6.45) is 2.00. The summed E-state index contributed by atoms with van der Waals surface area (Å²) >= 11 is 1.12. The first kappa shape index (κ1) is 23.6. The average Bonchev–Trinajstić information content (AvgIpc) is 3.36. The van der Waals surface area contributed by atoms with Crippen LogP contribution in [-0.4, -0.2) is 44.2 Å². The van der Waals surface area contributed by atoms with Crippen LogP contribution in [-0.2, 0) is 13.0 Å². The van der Waals surface area contributed by atoms with Crippen molar-refractivity contribution < 1.29 is 19.0 Å². The highest BCUT2D eigenvalue weighted by Crippen LogP contribution is 2.31. The molecule has 0 fully saturated rings. The van der Waals surface area contributed by atoms with Gasteiger partial charge in [-0.25, -0.2) is 24.1 Å². The summed E-state index contributed by atoms with van der Waals surface area (Å²) in [6, 6.07) is 6.70. The summed E-state index contributed by atoms with van der Waals surface area (Å²) in [4.78, 5) is 25.0. The number of aromatic nitrogens is 4. The Hall–Kier alpha value is -3.53. The summed E-state index contributed by atoms with van der Waals surface area (Å²) in [6.45, 7) is 6.98. The quantitative estimate of drug-likeness (QED) is 0.345. The molecule has 3 heterocycles. The predicted octanol–water partition coefficient (Wildman–Crippen LogP) is 5.02. The highest BCUT2D eigenvalue weighted by atomic mass is 32.1. The van der Waals surface area contributed by atoms with Gasteiger partial charge in [0.2, 0.25) is 0 Å². The normalized spacial score (nSPS) is 11.4. The number of benzene rings is 1. The van der Waals surface area contributed by atoms with E-state index >= 15 is 0 Å². The third-order valence-electron chi connectivity index (χ3n) is 5.42. The van der Waals surface area contributed by atoms with Gasteiger partial charge in [0.25, 0.3) is 0 Å². The van der Waals surface area contributed by atoms with Gasteiger partial charge in [0.05, 0.1) is 18.3 Å². The Bertz CT molecular complexity index is 1350. The number of aryl methyl sites for hydroxylation is 1. The third-order valence-corrected chi connectivity index (χ3v) is 6.53. The topological polar surface area (TPSA) is 102 Å². The van der Waals surface area contributed by atoms with Crippen LogP contribution in [0.15, 0.2) is 30.6 Å². The average molecular weight is 484 g/mol. The van der Waals surface area contributed by atoms with Gasteiger partial charge in [0.15, 0.2) is 0 Å². The third kappa shape index (κ3) is 4.72. The van der Waals surface area contributed by atoms with E-state index in [4.69, 9.17) is 4.74 Å². The molecule has 3 aromatic heterocycles. The molecule has 4 aromatic rings. The molecule has 0 bridgehead atoms. The SMILES string of the molecule is COc1ccc(F)c2c1cc(C)n2CCNc1cc(-c2nc(CC(C)C)c(C(=O)O)s2)ncn1. The number of fused-ring (bicyclic) bond motifs is 1. The number of nitrogens with one attached hydrogen (secondary N) is 1. The Balaban J connectivity index is 1.53. The van der Waals surface area contributed by atoms with Gasteiger partial charge >= 0.3 is 5.97 Å². The van der Waals surface area contributed by atoms with Gasteiger partial charge in [-0.1, -0.05) is 13.8 Å². The molecular formula is C24H26FN5O3S. The number of hydrogen-bond donors (Lipinski definition) is 2. The highest BCUT2D eigenvalue weighted by Gasteiger charge is 2.20. The molecule has 0 radical (unpaired) electrons. The minimum Gasteiger partial charge on any atom is -0.496 e. The molecule has 0 saturated heterocycles. The molecular weight excluding hydrogens is 457 g/mol. The second-order valence-electron chi connectivity index (χ2n) is 8.36. The van der Waals surface area contributed by atoms with E-state index in [1.807, 2.05) is 31.4 Å². The lowest BCUT2D eigenvalue weighted by Crippen LogP contribution is -2.13. The van der Waals surface area contributed by atoms with Crippen LogP contribution in [0.2, 0.25) is 0 Å². The van der Waals surface area contributed by atoms with E-state index in [0.717, 1.165) is 22.4 Å². The Kier molecular flexibility index (Phi) is 6.78. The molecule has 0 saturated carbocycles. The molecule has 0 aliphatic carbocycles. The molecule has 0 amide bonds. The standard InChI is InChI=1S/C24H26FN5O3S/c1-13(2)9-17-22(24(31)32)34-23(29-17)18-11-20(28-12-27-18)26-7-8-30-14(3)10-15-19(33-4)6-5-16(25)21(15)30/h5-6,10-13H,7-9H2,1-4H3,(H,31,32)(H,26,27,28). The number of halogens is 1. The van der Waals surface area contributed by atoms with Crippen LogP contribution in [0.25, 0.3) is 21.6 Å². The number of carbonyl (C=O) groups is 1. The van der Waals surface area contributed by atoms with Crippen molar-refractivity contribution in [2.24, 2.45) is 5.92 Å². The van der Waals surface area contributed by atoms with Crippen LogP contribution < -0.4 is 10.1 Å². The van der Waals surface area contributed by atoms with Crippen LogP contribution in [0.5, 0.6) is 5.75 Å². The number of rotatable bonds is 9. The molecule has 10 heteroatoms. The molecule has 4 rings (SSSR count). The van der Waals surface area contributed by atoms with Crippen molar-refractivity contribution in [3.8, 4) is 16.5 Å². The number of nitrogens with zero attached hydrogens (tertiary/aromatic N) is 4. The van der Waals surface area contributed by atoms with Gasteiger partial charge in [0, 0.05) is 30.2 Å². The monoisotopic (exact) mass is 483 g/mol. The fraction of sp³-hybridized carbons (Fsp3) is 0.333. The zero-order chi connectivity index (χ0) is 24.4. The number of ether oxygens (including phenoxy) is 1. The van der Waals surface area contributed by atoms with Gasteiger partial charge in [-0.05, 0) is 37.5 Å². The van der Waals surface area contributed by atoms with Gasteiger partial charge in [0.1, 0.15) is 39.3 Å². The van der Waals surface area contributed by atoms with Crippen molar-refractivity contribution in [2.45, 2.75) is 33.7 Å². The first-order valence-corrected chi connectivity index (χ1v) is 11.7. The molecule has 0 aliphatic rings. The maximum Gasteiger partial charge on any atom is 0.347 e. The molecule has 0 atom stereocenters. The molecule has 0 aliphatic heterocycles. The Morgan fingerprint density at radius 2 is 2.09 bits per heavy atom. The highest BCUT2D eigenvalue weighted by molar-refractivity contribution is 7.17. The second kappa shape index (κ2) is 9.76. The fourth-order valence-electron chi connectivity index (χ4n) is 3.93. The minimum absolute atomic E-state index is 0.240. The van der Waals surface area contributed by atoms with E-state index in [9.17, 15) is 14.3 Å². The molecule has 0 spiro atoms. The number of hydrogen-bond acceptors (Lipinski definition) is 7. The van der Waals surface area contributed by atoms with Crippen LogP contribution in [0.4, 0.5) is 10.2 Å². The zero-order valence-electron chi connectivity index (χ0n) is 19.4. The maximum absolute atomic E-state index is 14.6. The molecule has 178 valence electrons. The van der Waals surface area contributed by atoms with Crippen LogP contribution in [0.1, 0.15) is 34.9 Å². The Labute approximate surface area is 200 Å².